The van der Waals surface area contributed by atoms with Gasteiger partial charge in [0.1, 0.15) is 9.84 Å². The molecule has 2 atom stereocenters. The van der Waals surface area contributed by atoms with E-state index in [1.807, 2.05) is 6.92 Å². The van der Waals surface area contributed by atoms with Crippen molar-refractivity contribution in [1.82, 2.24) is 10.2 Å². The third-order valence-electron chi connectivity index (χ3n) is 3.67. The monoisotopic (exact) mass is 290 g/mol. The Hall–Kier alpha value is -0.620. The van der Waals surface area contributed by atoms with Crippen molar-refractivity contribution in [3.63, 3.8) is 0 Å². The van der Waals surface area contributed by atoms with Gasteiger partial charge in [0.2, 0.25) is 5.91 Å². The molecule has 2 unspecified atom stereocenters. The van der Waals surface area contributed by atoms with Gasteiger partial charge >= 0.3 is 0 Å². The van der Waals surface area contributed by atoms with Crippen LogP contribution in [0.3, 0.4) is 0 Å². The molecule has 1 saturated heterocycles. The second-order valence-electron chi connectivity index (χ2n) is 5.52. The maximum Gasteiger partial charge on any atom is 0.222 e. The maximum atomic E-state index is 12.2. The third kappa shape index (κ3) is 5.91. The van der Waals surface area contributed by atoms with Gasteiger partial charge in [0, 0.05) is 25.3 Å². The van der Waals surface area contributed by atoms with Crippen LogP contribution >= 0.6 is 0 Å². The molecule has 0 spiro atoms. The summed E-state index contributed by atoms with van der Waals surface area (Å²) in [4.78, 5) is 13.9. The summed E-state index contributed by atoms with van der Waals surface area (Å²) in [5, 5.41) is 3.29. The van der Waals surface area contributed by atoms with Gasteiger partial charge in [-0.2, -0.15) is 0 Å². The highest BCUT2D eigenvalue weighted by molar-refractivity contribution is 7.90. The van der Waals surface area contributed by atoms with E-state index in [2.05, 4.69) is 5.32 Å². The minimum absolute atomic E-state index is 0.0393. The van der Waals surface area contributed by atoms with Crippen LogP contribution in [0.4, 0.5) is 0 Å². The lowest BCUT2D eigenvalue weighted by atomic mass is 10.0. The SMILES string of the molecule is CCN(C(=O)CCC1CCNC1)C(C)CS(C)(=O)=O. The zero-order valence-corrected chi connectivity index (χ0v) is 13.0. The van der Waals surface area contributed by atoms with Crippen molar-refractivity contribution in [2.24, 2.45) is 5.92 Å². The first kappa shape index (κ1) is 16.4. The van der Waals surface area contributed by atoms with Crippen LogP contribution in [0.25, 0.3) is 0 Å². The number of nitrogens with one attached hydrogen (secondary N) is 1. The van der Waals surface area contributed by atoms with Crippen LogP contribution in [0.2, 0.25) is 0 Å². The van der Waals surface area contributed by atoms with Gasteiger partial charge in [0.25, 0.3) is 0 Å². The summed E-state index contributed by atoms with van der Waals surface area (Å²) >= 11 is 0. The van der Waals surface area contributed by atoms with Gasteiger partial charge in [-0.25, -0.2) is 8.42 Å². The van der Waals surface area contributed by atoms with Crippen molar-refractivity contribution >= 4 is 15.7 Å². The van der Waals surface area contributed by atoms with E-state index in [1.165, 1.54) is 6.26 Å². The number of amides is 1. The Kier molecular flexibility index (Phi) is 6.26. The number of nitrogens with zero attached hydrogens (tertiary/aromatic N) is 1. The van der Waals surface area contributed by atoms with Gasteiger partial charge < -0.3 is 10.2 Å². The van der Waals surface area contributed by atoms with Crippen LogP contribution in [-0.4, -0.2) is 56.9 Å². The number of carbonyl (C=O) groups excluding carboxylic acids is 1. The summed E-state index contributed by atoms with van der Waals surface area (Å²) in [6, 6.07) is -0.241. The molecule has 1 amide bonds. The zero-order chi connectivity index (χ0) is 14.5. The molecule has 0 aliphatic carbocycles. The lowest BCUT2D eigenvalue weighted by molar-refractivity contribution is -0.132. The van der Waals surface area contributed by atoms with E-state index < -0.39 is 9.84 Å². The number of sulfone groups is 1. The van der Waals surface area contributed by atoms with Gasteiger partial charge in [-0.05, 0) is 45.7 Å². The van der Waals surface area contributed by atoms with E-state index in [-0.39, 0.29) is 17.7 Å². The molecule has 0 aromatic heterocycles. The number of hydrogen-bond acceptors (Lipinski definition) is 4. The molecule has 0 saturated carbocycles. The summed E-state index contributed by atoms with van der Waals surface area (Å²) in [6.07, 6.45) is 3.77. The van der Waals surface area contributed by atoms with Gasteiger partial charge in [0.05, 0.1) is 5.75 Å². The molecule has 1 aliphatic rings. The molecule has 0 aromatic carbocycles. The lowest BCUT2D eigenvalue weighted by Crippen LogP contribution is -2.42. The van der Waals surface area contributed by atoms with Crippen LogP contribution in [0.5, 0.6) is 0 Å². The van der Waals surface area contributed by atoms with E-state index in [0.29, 0.717) is 18.9 Å². The molecule has 6 heteroatoms. The molecular formula is C13H26N2O3S. The van der Waals surface area contributed by atoms with Crippen LogP contribution in [0.1, 0.15) is 33.1 Å². The van der Waals surface area contributed by atoms with E-state index in [4.69, 9.17) is 0 Å². The fraction of sp³-hybridized carbons (Fsp3) is 0.923. The van der Waals surface area contributed by atoms with E-state index >= 15 is 0 Å². The molecule has 1 heterocycles. The van der Waals surface area contributed by atoms with Gasteiger partial charge in [-0.1, -0.05) is 0 Å². The Bertz CT molecular complexity index is 389. The number of hydrogen-bond donors (Lipinski definition) is 1. The first-order chi connectivity index (χ1) is 8.83. The fourth-order valence-corrected chi connectivity index (χ4v) is 3.75. The largest absolute Gasteiger partial charge is 0.339 e. The normalized spacial score (nSPS) is 21.3. The topological polar surface area (TPSA) is 66.5 Å². The Morgan fingerprint density at radius 1 is 1.47 bits per heavy atom. The molecule has 0 aromatic rings. The predicted octanol–water partition coefficient (Wildman–Crippen LogP) is 0.658. The van der Waals surface area contributed by atoms with Gasteiger partial charge in [-0.15, -0.1) is 0 Å². The molecule has 112 valence electrons. The molecule has 1 rings (SSSR count). The first-order valence-corrected chi connectivity index (χ1v) is 9.07. The molecule has 0 radical (unpaired) electrons. The summed E-state index contributed by atoms with van der Waals surface area (Å²) in [5.41, 5.74) is 0. The summed E-state index contributed by atoms with van der Waals surface area (Å²) in [6.45, 7) is 6.31. The van der Waals surface area contributed by atoms with Crippen molar-refractivity contribution in [3.05, 3.63) is 0 Å². The molecule has 1 fully saturated rings. The van der Waals surface area contributed by atoms with Crippen LogP contribution in [-0.2, 0) is 14.6 Å². The highest BCUT2D eigenvalue weighted by Gasteiger charge is 2.23. The average molecular weight is 290 g/mol. The van der Waals surface area contributed by atoms with Crippen molar-refractivity contribution in [3.8, 4) is 0 Å². The quantitative estimate of drug-likeness (QED) is 0.748. The average Bonchev–Trinajstić information content (AvgIpc) is 2.77. The van der Waals surface area contributed by atoms with Crippen LogP contribution in [0, 0.1) is 5.92 Å². The molecule has 1 aliphatic heterocycles. The number of rotatable bonds is 7. The van der Waals surface area contributed by atoms with Gasteiger partial charge in [-0.3, -0.25) is 4.79 Å². The van der Waals surface area contributed by atoms with Gasteiger partial charge in [0.15, 0.2) is 0 Å². The van der Waals surface area contributed by atoms with E-state index in [1.54, 1.807) is 11.8 Å². The fourth-order valence-electron chi connectivity index (χ4n) is 2.69. The summed E-state index contributed by atoms with van der Waals surface area (Å²) in [7, 11) is -3.05. The zero-order valence-electron chi connectivity index (χ0n) is 12.2. The molecule has 5 nitrogen and oxygen atoms in total. The Labute approximate surface area is 116 Å². The second-order valence-corrected chi connectivity index (χ2v) is 7.70. The molecule has 19 heavy (non-hydrogen) atoms. The number of carbonyl (C=O) groups is 1. The van der Waals surface area contributed by atoms with Crippen LogP contribution in [0.15, 0.2) is 0 Å². The Morgan fingerprint density at radius 2 is 2.16 bits per heavy atom. The first-order valence-electron chi connectivity index (χ1n) is 7.01. The van der Waals surface area contributed by atoms with Crippen LogP contribution < -0.4 is 5.32 Å². The summed E-state index contributed by atoms with van der Waals surface area (Å²) < 4.78 is 22.6. The van der Waals surface area contributed by atoms with E-state index in [0.717, 1.165) is 25.9 Å². The lowest BCUT2D eigenvalue weighted by Gasteiger charge is -2.28. The highest BCUT2D eigenvalue weighted by atomic mass is 32.2. The smallest absolute Gasteiger partial charge is 0.222 e. The van der Waals surface area contributed by atoms with Crippen molar-refractivity contribution in [1.29, 1.82) is 0 Å². The summed E-state index contributed by atoms with van der Waals surface area (Å²) in [5.74, 6) is 0.704. The Morgan fingerprint density at radius 3 is 2.63 bits per heavy atom. The second kappa shape index (κ2) is 7.24. The Balaban J connectivity index is 2.45. The van der Waals surface area contributed by atoms with Crippen molar-refractivity contribution in [2.45, 2.75) is 39.2 Å². The predicted molar refractivity (Wildman–Crippen MR) is 76.8 cm³/mol. The molecule has 0 bridgehead atoms. The van der Waals surface area contributed by atoms with Crippen molar-refractivity contribution in [2.75, 3.05) is 31.6 Å². The minimum Gasteiger partial charge on any atom is -0.339 e. The molecular weight excluding hydrogens is 264 g/mol. The van der Waals surface area contributed by atoms with E-state index in [9.17, 15) is 13.2 Å². The third-order valence-corrected chi connectivity index (χ3v) is 4.75. The molecule has 1 N–H and O–H groups in total. The maximum absolute atomic E-state index is 12.2. The van der Waals surface area contributed by atoms with Crippen molar-refractivity contribution < 1.29 is 13.2 Å². The standard InChI is InChI=1S/C13H26N2O3S/c1-4-15(11(2)10-19(3,17)18)13(16)6-5-12-7-8-14-9-12/h11-12,14H,4-10H2,1-3H3. The minimum atomic E-state index is -3.05. The highest BCUT2D eigenvalue weighted by Crippen LogP contribution is 2.16.